The van der Waals surface area contributed by atoms with Gasteiger partial charge < -0.3 is 0 Å². The van der Waals surface area contributed by atoms with Crippen molar-refractivity contribution >= 4 is 31.9 Å². The molecule has 2 aromatic rings. The van der Waals surface area contributed by atoms with E-state index in [0.29, 0.717) is 11.8 Å². The van der Waals surface area contributed by atoms with E-state index in [9.17, 15) is 0 Å². The zero-order valence-electron chi connectivity index (χ0n) is 12.5. The third kappa shape index (κ3) is 4.92. The second-order valence-corrected chi connectivity index (χ2v) is 7.27. The maximum atomic E-state index is 4.44. The van der Waals surface area contributed by atoms with Gasteiger partial charge in [-0.05, 0) is 29.9 Å². The minimum Gasteiger partial charge on any atom is -0.250 e. The lowest BCUT2D eigenvalue weighted by atomic mass is 9.97. The lowest BCUT2D eigenvalue weighted by Crippen LogP contribution is -2.16. The van der Waals surface area contributed by atoms with Gasteiger partial charge in [-0.25, -0.2) is 9.67 Å². The number of alkyl halides is 1. The number of hydrogen-bond acceptors (Lipinski definition) is 2. The van der Waals surface area contributed by atoms with E-state index in [2.05, 4.69) is 80.1 Å². The third-order valence-corrected chi connectivity index (χ3v) is 5.08. The lowest BCUT2D eigenvalue weighted by molar-refractivity contribution is 0.448. The lowest BCUT2D eigenvalue weighted by Gasteiger charge is -2.16. The number of benzene rings is 1. The standard InChI is InChI=1S/C16H21Br2N3/c1-12(2)10-21-16(19-11-20-21)8-13(9-17)7-14-5-3-4-6-15(14)18/h3-6,11-13H,7-10H2,1-2H3. The Morgan fingerprint density at radius 2 is 1.95 bits per heavy atom. The first-order chi connectivity index (χ1) is 10.1. The molecule has 1 atom stereocenters. The Labute approximate surface area is 143 Å². The van der Waals surface area contributed by atoms with Crippen molar-refractivity contribution < 1.29 is 0 Å². The monoisotopic (exact) mass is 413 g/mol. The molecule has 0 saturated carbocycles. The summed E-state index contributed by atoms with van der Waals surface area (Å²) in [6.07, 6.45) is 3.64. The van der Waals surface area contributed by atoms with Gasteiger partial charge >= 0.3 is 0 Å². The number of aromatic nitrogens is 3. The van der Waals surface area contributed by atoms with Crippen molar-refractivity contribution in [2.45, 2.75) is 33.2 Å². The molecule has 0 aliphatic rings. The average molecular weight is 415 g/mol. The van der Waals surface area contributed by atoms with Gasteiger partial charge in [0.2, 0.25) is 0 Å². The number of rotatable bonds is 7. The molecule has 0 fully saturated rings. The first-order valence-corrected chi connectivity index (χ1v) is 9.17. The van der Waals surface area contributed by atoms with Crippen molar-refractivity contribution in [1.29, 1.82) is 0 Å². The fourth-order valence-corrected chi connectivity index (χ4v) is 3.26. The predicted molar refractivity (Wildman–Crippen MR) is 93.7 cm³/mol. The summed E-state index contributed by atoms with van der Waals surface area (Å²) in [6.45, 7) is 5.34. The quantitative estimate of drug-likeness (QED) is 0.624. The summed E-state index contributed by atoms with van der Waals surface area (Å²) < 4.78 is 3.22. The van der Waals surface area contributed by atoms with Crippen molar-refractivity contribution in [3.8, 4) is 0 Å². The van der Waals surface area contributed by atoms with Crippen LogP contribution in [0.15, 0.2) is 35.1 Å². The molecular weight excluding hydrogens is 394 g/mol. The van der Waals surface area contributed by atoms with E-state index in [0.717, 1.165) is 30.5 Å². The van der Waals surface area contributed by atoms with Crippen LogP contribution in [0.2, 0.25) is 0 Å². The first kappa shape index (κ1) is 16.7. The van der Waals surface area contributed by atoms with Gasteiger partial charge in [0.1, 0.15) is 12.2 Å². The molecular formula is C16H21Br2N3. The normalized spacial score (nSPS) is 12.8. The molecule has 2 rings (SSSR count). The maximum Gasteiger partial charge on any atom is 0.138 e. The second-order valence-electron chi connectivity index (χ2n) is 5.77. The molecule has 0 amide bonds. The molecule has 114 valence electrons. The van der Waals surface area contributed by atoms with Gasteiger partial charge in [-0.15, -0.1) is 0 Å². The molecule has 5 heteroatoms. The van der Waals surface area contributed by atoms with Gasteiger partial charge in [0.15, 0.2) is 0 Å². The molecule has 1 heterocycles. The van der Waals surface area contributed by atoms with E-state index in [1.807, 2.05) is 4.68 Å². The minimum atomic E-state index is 0.513. The Balaban J connectivity index is 2.06. The molecule has 21 heavy (non-hydrogen) atoms. The van der Waals surface area contributed by atoms with E-state index in [1.165, 1.54) is 10.0 Å². The van der Waals surface area contributed by atoms with Gasteiger partial charge in [0, 0.05) is 22.8 Å². The van der Waals surface area contributed by atoms with Crippen LogP contribution in [0.1, 0.15) is 25.2 Å². The fourth-order valence-electron chi connectivity index (χ4n) is 2.36. The Bertz CT molecular complexity index is 566. The summed E-state index contributed by atoms with van der Waals surface area (Å²) in [6, 6.07) is 8.42. The summed E-state index contributed by atoms with van der Waals surface area (Å²) in [5.74, 6) is 2.18. The summed E-state index contributed by atoms with van der Waals surface area (Å²) in [5, 5.41) is 5.31. The molecule has 0 N–H and O–H groups in total. The van der Waals surface area contributed by atoms with Crippen molar-refractivity contribution in [2.24, 2.45) is 11.8 Å². The van der Waals surface area contributed by atoms with Crippen LogP contribution in [-0.2, 0) is 19.4 Å². The summed E-state index contributed by atoms with van der Waals surface area (Å²) in [4.78, 5) is 4.44. The van der Waals surface area contributed by atoms with Crippen LogP contribution in [0, 0.1) is 11.8 Å². The van der Waals surface area contributed by atoms with Gasteiger partial charge in [0.25, 0.3) is 0 Å². The van der Waals surface area contributed by atoms with Crippen molar-refractivity contribution in [1.82, 2.24) is 14.8 Å². The molecule has 0 bridgehead atoms. The smallest absolute Gasteiger partial charge is 0.138 e. The molecule has 0 radical (unpaired) electrons. The average Bonchev–Trinajstić information content (AvgIpc) is 2.86. The Morgan fingerprint density at radius 3 is 2.62 bits per heavy atom. The summed E-state index contributed by atoms with van der Waals surface area (Å²) >= 11 is 7.28. The zero-order valence-corrected chi connectivity index (χ0v) is 15.6. The second kappa shape index (κ2) is 8.08. The molecule has 0 spiro atoms. The van der Waals surface area contributed by atoms with Crippen LogP contribution < -0.4 is 0 Å². The van der Waals surface area contributed by atoms with Crippen LogP contribution in [0.25, 0.3) is 0 Å². The zero-order chi connectivity index (χ0) is 15.2. The third-order valence-electron chi connectivity index (χ3n) is 3.39. The Kier molecular flexibility index (Phi) is 6.42. The van der Waals surface area contributed by atoms with Gasteiger partial charge in [0.05, 0.1) is 0 Å². The Morgan fingerprint density at radius 1 is 1.19 bits per heavy atom. The van der Waals surface area contributed by atoms with Gasteiger partial charge in [-0.3, -0.25) is 0 Å². The van der Waals surface area contributed by atoms with Crippen molar-refractivity contribution in [3.05, 3.63) is 46.5 Å². The highest BCUT2D eigenvalue weighted by Crippen LogP contribution is 2.22. The Hall–Kier alpha value is -0.680. The summed E-state index contributed by atoms with van der Waals surface area (Å²) in [5.41, 5.74) is 1.34. The highest BCUT2D eigenvalue weighted by molar-refractivity contribution is 9.10. The fraction of sp³-hybridized carbons (Fsp3) is 0.500. The van der Waals surface area contributed by atoms with E-state index in [-0.39, 0.29) is 0 Å². The minimum absolute atomic E-state index is 0.513. The maximum absolute atomic E-state index is 4.44. The van der Waals surface area contributed by atoms with Crippen molar-refractivity contribution in [2.75, 3.05) is 5.33 Å². The highest BCUT2D eigenvalue weighted by Gasteiger charge is 2.15. The number of hydrogen-bond donors (Lipinski definition) is 0. The van der Waals surface area contributed by atoms with Crippen LogP contribution in [0.4, 0.5) is 0 Å². The van der Waals surface area contributed by atoms with E-state index >= 15 is 0 Å². The predicted octanol–water partition coefficient (Wildman–Crippen LogP) is 4.49. The van der Waals surface area contributed by atoms with Crippen LogP contribution in [0.3, 0.4) is 0 Å². The SMILES string of the molecule is CC(C)Cn1ncnc1CC(CBr)Cc1ccccc1Br. The molecule has 0 saturated heterocycles. The number of halogens is 2. The van der Waals surface area contributed by atoms with Crippen LogP contribution >= 0.6 is 31.9 Å². The largest absolute Gasteiger partial charge is 0.250 e. The van der Waals surface area contributed by atoms with E-state index in [4.69, 9.17) is 0 Å². The molecule has 0 aliphatic carbocycles. The molecule has 0 aliphatic heterocycles. The molecule has 1 unspecified atom stereocenters. The summed E-state index contributed by atoms with van der Waals surface area (Å²) in [7, 11) is 0. The topological polar surface area (TPSA) is 30.7 Å². The van der Waals surface area contributed by atoms with Crippen LogP contribution in [-0.4, -0.2) is 20.1 Å². The first-order valence-electron chi connectivity index (χ1n) is 7.26. The van der Waals surface area contributed by atoms with E-state index in [1.54, 1.807) is 6.33 Å². The number of nitrogens with zero attached hydrogens (tertiary/aromatic N) is 3. The van der Waals surface area contributed by atoms with Crippen LogP contribution in [0.5, 0.6) is 0 Å². The van der Waals surface area contributed by atoms with Gasteiger partial charge in [-0.1, -0.05) is 63.9 Å². The van der Waals surface area contributed by atoms with Gasteiger partial charge in [-0.2, -0.15) is 5.10 Å². The molecule has 3 nitrogen and oxygen atoms in total. The molecule has 1 aromatic heterocycles. The van der Waals surface area contributed by atoms with E-state index < -0.39 is 0 Å². The van der Waals surface area contributed by atoms with Crippen molar-refractivity contribution in [3.63, 3.8) is 0 Å². The molecule has 1 aromatic carbocycles. The highest BCUT2D eigenvalue weighted by atomic mass is 79.9.